The van der Waals surface area contributed by atoms with Gasteiger partial charge in [0.2, 0.25) is 0 Å². The van der Waals surface area contributed by atoms with Gasteiger partial charge in [-0.25, -0.2) is 0 Å². The molecule has 0 saturated heterocycles. The molecule has 128 valence electrons. The van der Waals surface area contributed by atoms with Crippen LogP contribution in [0.15, 0.2) is 47.4 Å². The first-order valence-electron chi connectivity index (χ1n) is 6.48. The van der Waals surface area contributed by atoms with Crippen LogP contribution in [0.1, 0.15) is 0 Å². The molecule has 0 amide bonds. The van der Waals surface area contributed by atoms with Gasteiger partial charge in [-0.3, -0.25) is 24.5 Å². The van der Waals surface area contributed by atoms with Gasteiger partial charge < -0.3 is 0 Å². The van der Waals surface area contributed by atoms with Gasteiger partial charge in [-0.15, -0.1) is 5.10 Å². The minimum Gasteiger partial charge on any atom is -0.264 e. The Bertz CT molecular complexity index is 1110. The Hall–Kier alpha value is -3.61. The highest BCUT2D eigenvalue weighted by atomic mass is 32.2. The van der Waals surface area contributed by atoms with Gasteiger partial charge in [0.05, 0.1) is 9.85 Å². The molecule has 0 unspecified atom stereocenters. The van der Waals surface area contributed by atoms with E-state index < -0.39 is 30.5 Å². The largest absolute Gasteiger partial charge is 0.365 e. The van der Waals surface area contributed by atoms with Crippen LogP contribution in [0.25, 0.3) is 11.0 Å². The molecular weight excluding hydrogens is 358 g/mol. The molecule has 25 heavy (non-hydrogen) atoms. The van der Waals surface area contributed by atoms with Crippen LogP contribution < -0.4 is 4.28 Å². The van der Waals surface area contributed by atoms with E-state index in [0.717, 1.165) is 24.3 Å². The highest BCUT2D eigenvalue weighted by Gasteiger charge is 2.28. The van der Waals surface area contributed by atoms with E-state index in [1.165, 1.54) is 18.2 Å². The van der Waals surface area contributed by atoms with Crippen molar-refractivity contribution in [3.8, 4) is 0 Å². The summed E-state index contributed by atoms with van der Waals surface area (Å²) in [6.07, 6.45) is 0. The quantitative estimate of drug-likeness (QED) is 0.475. The molecule has 3 rings (SSSR count). The summed E-state index contributed by atoms with van der Waals surface area (Å²) in [7, 11) is -4.63. The van der Waals surface area contributed by atoms with Gasteiger partial charge in [0.25, 0.3) is 11.4 Å². The van der Waals surface area contributed by atoms with Crippen molar-refractivity contribution in [2.75, 3.05) is 0 Å². The number of fused-ring (bicyclic) bond motifs is 1. The lowest BCUT2D eigenvalue weighted by Crippen LogP contribution is -2.22. The van der Waals surface area contributed by atoms with E-state index in [0.29, 0.717) is 4.85 Å². The molecule has 1 heterocycles. The molecule has 0 aliphatic rings. The Morgan fingerprint density at radius 3 is 2.44 bits per heavy atom. The van der Waals surface area contributed by atoms with Gasteiger partial charge in [0.15, 0.2) is 4.90 Å². The first kappa shape index (κ1) is 16.3. The van der Waals surface area contributed by atoms with Gasteiger partial charge in [0.1, 0.15) is 11.0 Å². The van der Waals surface area contributed by atoms with E-state index in [4.69, 9.17) is 4.28 Å². The molecule has 13 heteroatoms. The number of nitro groups is 2. The topological polar surface area (TPSA) is 160 Å². The molecule has 1 aromatic heterocycles. The normalized spacial score (nSPS) is 11.4. The van der Waals surface area contributed by atoms with E-state index in [9.17, 15) is 28.6 Å². The van der Waals surface area contributed by atoms with E-state index in [2.05, 4.69) is 10.3 Å². The molecule has 0 fully saturated rings. The number of nitro benzene ring substituents is 2. The Balaban J connectivity index is 2.08. The monoisotopic (exact) mass is 365 g/mol. The second kappa shape index (κ2) is 5.79. The fourth-order valence-electron chi connectivity index (χ4n) is 2.01. The molecule has 0 spiro atoms. The van der Waals surface area contributed by atoms with Crippen molar-refractivity contribution < 1.29 is 22.5 Å². The number of aromatic nitrogens is 3. The fraction of sp³-hybridized carbons (Fsp3) is 0. The van der Waals surface area contributed by atoms with Crippen molar-refractivity contribution in [2.45, 2.75) is 4.90 Å². The second-order valence-corrected chi connectivity index (χ2v) is 6.14. The summed E-state index contributed by atoms with van der Waals surface area (Å²) < 4.78 is 29.4. The maximum absolute atomic E-state index is 12.3. The summed E-state index contributed by atoms with van der Waals surface area (Å²) in [4.78, 5) is 20.0. The van der Waals surface area contributed by atoms with Crippen LogP contribution >= 0.6 is 0 Å². The zero-order chi connectivity index (χ0) is 18.2. The molecule has 0 aliphatic heterocycles. The SMILES string of the molecule is O=[N+]([O-])c1ccc2nnn(OS(=O)(=O)c3ccccc3[N+](=O)[O-])c2c1. The summed E-state index contributed by atoms with van der Waals surface area (Å²) in [6, 6.07) is 8.02. The van der Waals surface area contributed by atoms with Crippen LogP contribution in [0.5, 0.6) is 0 Å². The Kier molecular flexibility index (Phi) is 3.76. The van der Waals surface area contributed by atoms with E-state index in [-0.39, 0.29) is 16.7 Å². The third-order valence-electron chi connectivity index (χ3n) is 3.11. The number of para-hydroxylation sites is 1. The minimum absolute atomic E-state index is 0.0867. The molecule has 2 aromatic carbocycles. The van der Waals surface area contributed by atoms with Crippen molar-refractivity contribution in [1.82, 2.24) is 15.2 Å². The number of nitrogens with zero attached hydrogens (tertiary/aromatic N) is 5. The molecule has 0 aliphatic carbocycles. The standard InChI is InChI=1S/C12H7N5O7S/c18-16(19)8-5-6-9-11(7-8)15(14-13-9)24-25(22,23)12-4-2-1-3-10(12)17(20)21/h1-7H. The summed E-state index contributed by atoms with van der Waals surface area (Å²) in [6.45, 7) is 0. The van der Waals surface area contributed by atoms with E-state index >= 15 is 0 Å². The maximum atomic E-state index is 12.3. The van der Waals surface area contributed by atoms with Crippen molar-refractivity contribution in [3.63, 3.8) is 0 Å². The molecule has 0 saturated carbocycles. The summed E-state index contributed by atoms with van der Waals surface area (Å²) >= 11 is 0. The zero-order valence-electron chi connectivity index (χ0n) is 12.0. The van der Waals surface area contributed by atoms with Crippen molar-refractivity contribution in [3.05, 3.63) is 62.7 Å². The van der Waals surface area contributed by atoms with E-state index in [1.807, 2.05) is 0 Å². The third-order valence-corrected chi connectivity index (χ3v) is 4.33. The third kappa shape index (κ3) is 2.94. The van der Waals surface area contributed by atoms with Gasteiger partial charge in [-0.05, 0) is 17.3 Å². The van der Waals surface area contributed by atoms with Crippen LogP contribution in [0.2, 0.25) is 0 Å². The lowest BCUT2D eigenvalue weighted by Gasteiger charge is -2.06. The predicted octanol–water partition coefficient (Wildman–Crippen LogP) is 1.07. The van der Waals surface area contributed by atoms with Crippen molar-refractivity contribution in [2.24, 2.45) is 0 Å². The van der Waals surface area contributed by atoms with Crippen molar-refractivity contribution >= 4 is 32.5 Å². The molecule has 0 N–H and O–H groups in total. The maximum Gasteiger partial charge on any atom is 0.365 e. The predicted molar refractivity (Wildman–Crippen MR) is 81.0 cm³/mol. The number of benzene rings is 2. The zero-order valence-corrected chi connectivity index (χ0v) is 12.9. The Morgan fingerprint density at radius 2 is 1.76 bits per heavy atom. The average molecular weight is 365 g/mol. The second-order valence-electron chi connectivity index (χ2n) is 4.65. The van der Waals surface area contributed by atoms with Crippen LogP contribution in [0.3, 0.4) is 0 Å². The number of non-ortho nitro benzene ring substituents is 1. The number of hydrogen-bond acceptors (Lipinski definition) is 9. The highest BCUT2D eigenvalue weighted by molar-refractivity contribution is 7.87. The average Bonchev–Trinajstić information content (AvgIpc) is 2.96. The van der Waals surface area contributed by atoms with Gasteiger partial charge in [0, 0.05) is 18.2 Å². The summed E-state index contributed by atoms with van der Waals surface area (Å²) in [5.41, 5.74) is -0.958. The van der Waals surface area contributed by atoms with Crippen LogP contribution in [-0.4, -0.2) is 33.4 Å². The van der Waals surface area contributed by atoms with Crippen molar-refractivity contribution in [1.29, 1.82) is 0 Å². The Labute approximate surface area is 138 Å². The molecule has 3 aromatic rings. The smallest absolute Gasteiger partial charge is 0.264 e. The van der Waals surface area contributed by atoms with Gasteiger partial charge in [-0.2, -0.15) is 8.42 Å². The molecular formula is C12H7N5O7S. The summed E-state index contributed by atoms with van der Waals surface area (Å²) in [5, 5.41) is 28.9. The molecule has 0 atom stereocenters. The number of rotatable bonds is 5. The van der Waals surface area contributed by atoms with Crippen LogP contribution in [-0.2, 0) is 10.1 Å². The molecule has 12 nitrogen and oxygen atoms in total. The van der Waals surface area contributed by atoms with Crippen LogP contribution in [0, 0.1) is 20.2 Å². The highest BCUT2D eigenvalue weighted by Crippen LogP contribution is 2.24. The first-order chi connectivity index (χ1) is 11.8. The van der Waals surface area contributed by atoms with E-state index in [1.54, 1.807) is 0 Å². The van der Waals surface area contributed by atoms with Crippen LogP contribution in [0.4, 0.5) is 11.4 Å². The lowest BCUT2D eigenvalue weighted by atomic mass is 10.3. The number of hydrogen-bond donors (Lipinski definition) is 0. The minimum atomic E-state index is -4.63. The molecule has 0 bridgehead atoms. The van der Waals surface area contributed by atoms with Gasteiger partial charge in [-0.1, -0.05) is 17.0 Å². The molecule has 0 radical (unpaired) electrons. The Morgan fingerprint density at radius 1 is 1.04 bits per heavy atom. The summed E-state index contributed by atoms with van der Waals surface area (Å²) in [5.74, 6) is 0. The fourth-order valence-corrected chi connectivity index (χ4v) is 3.03. The lowest BCUT2D eigenvalue weighted by molar-refractivity contribution is -0.387. The first-order valence-corrected chi connectivity index (χ1v) is 7.89. The van der Waals surface area contributed by atoms with Gasteiger partial charge >= 0.3 is 10.1 Å².